The molecule has 5 nitrogen and oxygen atoms in total. The molecule has 0 bridgehead atoms. The average Bonchev–Trinajstić information content (AvgIpc) is 2.52. The van der Waals surface area contributed by atoms with Crippen LogP contribution < -0.4 is 0 Å². The number of hydrogen-bond acceptors (Lipinski definition) is 4. The summed E-state index contributed by atoms with van der Waals surface area (Å²) < 4.78 is 11.1. The van der Waals surface area contributed by atoms with Crippen molar-refractivity contribution in [3.63, 3.8) is 0 Å². The Bertz CT molecular complexity index is 578. The lowest BCUT2D eigenvalue weighted by molar-refractivity contribution is 0.0290. The Morgan fingerprint density at radius 1 is 1.29 bits per heavy atom. The third kappa shape index (κ3) is 4.49. The van der Waals surface area contributed by atoms with Crippen LogP contribution in [0.5, 0.6) is 0 Å². The van der Waals surface area contributed by atoms with Crippen LogP contribution in [0.3, 0.4) is 0 Å². The van der Waals surface area contributed by atoms with Gasteiger partial charge in [-0.25, -0.2) is 9.79 Å². The van der Waals surface area contributed by atoms with Gasteiger partial charge in [-0.3, -0.25) is 4.90 Å². The molecule has 1 aromatic rings. The number of amides is 1. The van der Waals surface area contributed by atoms with Crippen molar-refractivity contribution >= 4 is 12.0 Å². The van der Waals surface area contributed by atoms with Crippen LogP contribution in [0.25, 0.3) is 0 Å². The third-order valence-electron chi connectivity index (χ3n) is 3.98. The zero-order valence-corrected chi connectivity index (χ0v) is 15.3. The molecule has 0 saturated heterocycles. The van der Waals surface area contributed by atoms with Crippen LogP contribution >= 0.6 is 0 Å². The fourth-order valence-corrected chi connectivity index (χ4v) is 2.79. The van der Waals surface area contributed by atoms with Gasteiger partial charge in [0, 0.05) is 17.9 Å². The molecule has 2 rings (SSSR count). The van der Waals surface area contributed by atoms with Gasteiger partial charge < -0.3 is 9.47 Å². The molecule has 0 N–H and O–H groups in total. The largest absolute Gasteiger partial charge is 0.481 e. The van der Waals surface area contributed by atoms with Gasteiger partial charge in [0.15, 0.2) is 5.90 Å². The molecule has 0 unspecified atom stereocenters. The van der Waals surface area contributed by atoms with Crippen LogP contribution in [0.1, 0.15) is 46.6 Å². The summed E-state index contributed by atoms with van der Waals surface area (Å²) >= 11 is 0. The smallest absolute Gasteiger partial charge is 0.412 e. The summed E-state index contributed by atoms with van der Waals surface area (Å²) in [6, 6.07) is 9.68. The Morgan fingerprint density at radius 3 is 2.54 bits per heavy atom. The molecular weight excluding hydrogens is 304 g/mol. The molecule has 0 aliphatic carbocycles. The lowest BCUT2D eigenvalue weighted by atomic mass is 9.89. The summed E-state index contributed by atoms with van der Waals surface area (Å²) in [4.78, 5) is 19.1. The summed E-state index contributed by atoms with van der Waals surface area (Å²) in [6.07, 6.45) is -0.0161. The quantitative estimate of drug-likeness (QED) is 0.832. The number of carbonyl (C=O) groups excluding carboxylic acids is 1. The summed E-state index contributed by atoms with van der Waals surface area (Å²) in [7, 11) is 0. The topological polar surface area (TPSA) is 51.1 Å². The monoisotopic (exact) mass is 332 g/mol. The van der Waals surface area contributed by atoms with Gasteiger partial charge in [0.05, 0.1) is 6.61 Å². The van der Waals surface area contributed by atoms with Gasteiger partial charge in [0.2, 0.25) is 0 Å². The molecule has 1 aromatic carbocycles. The first kappa shape index (κ1) is 18.3. The minimum Gasteiger partial charge on any atom is -0.481 e. The Labute approximate surface area is 144 Å². The maximum atomic E-state index is 12.7. The predicted molar refractivity (Wildman–Crippen MR) is 94.8 cm³/mol. The summed E-state index contributed by atoms with van der Waals surface area (Å²) in [5.74, 6) is 0.719. The molecule has 0 aromatic heterocycles. The highest BCUT2D eigenvalue weighted by molar-refractivity contribution is 5.80. The Kier molecular flexibility index (Phi) is 5.86. The second-order valence-corrected chi connectivity index (χ2v) is 7.20. The lowest BCUT2D eigenvalue weighted by Gasteiger charge is -2.43. The fraction of sp³-hybridized carbons (Fsp3) is 0.579. The lowest BCUT2D eigenvalue weighted by Crippen LogP contribution is -2.54. The maximum Gasteiger partial charge on any atom is 0.412 e. The number of benzene rings is 1. The molecule has 1 aliphatic heterocycles. The Balaban J connectivity index is 2.14. The molecule has 1 aliphatic rings. The zero-order valence-electron chi connectivity index (χ0n) is 15.3. The standard InChI is InChI=1S/C19H28N2O3/c1-6-23-16-12-14(2)21(17(20-16)19(3,4)5)18(22)24-13-15-10-8-7-9-11-15/h7-11,14,17H,6,12-13H2,1-5H3/t14-,17+/m0/s1. The van der Waals surface area contributed by atoms with Crippen LogP contribution in [0.15, 0.2) is 35.3 Å². The number of ether oxygens (including phenoxy) is 2. The van der Waals surface area contributed by atoms with Crippen molar-refractivity contribution in [2.45, 2.75) is 59.9 Å². The van der Waals surface area contributed by atoms with Crippen LogP contribution in [0, 0.1) is 5.41 Å². The summed E-state index contributed by atoms with van der Waals surface area (Å²) in [6.45, 7) is 11.0. The van der Waals surface area contributed by atoms with Crippen molar-refractivity contribution < 1.29 is 14.3 Å². The van der Waals surface area contributed by atoms with E-state index in [1.54, 1.807) is 4.90 Å². The van der Waals surface area contributed by atoms with Crippen molar-refractivity contribution in [2.75, 3.05) is 6.61 Å². The van der Waals surface area contributed by atoms with E-state index in [1.807, 2.05) is 44.2 Å². The van der Waals surface area contributed by atoms with Gasteiger partial charge in [-0.2, -0.15) is 0 Å². The number of aliphatic imine (C=N–C) groups is 1. The second kappa shape index (κ2) is 7.69. The second-order valence-electron chi connectivity index (χ2n) is 7.20. The minimum atomic E-state index is -0.328. The van der Waals surface area contributed by atoms with Gasteiger partial charge in [0.1, 0.15) is 12.8 Å². The zero-order chi connectivity index (χ0) is 17.7. The average molecular weight is 332 g/mol. The number of nitrogens with zero attached hydrogens (tertiary/aromatic N) is 2. The molecule has 0 spiro atoms. The van der Waals surface area contributed by atoms with Crippen molar-refractivity contribution in [3.8, 4) is 0 Å². The summed E-state index contributed by atoms with van der Waals surface area (Å²) in [5.41, 5.74) is 0.768. The van der Waals surface area contributed by atoms with Crippen molar-refractivity contribution in [1.82, 2.24) is 4.90 Å². The highest BCUT2D eigenvalue weighted by Gasteiger charge is 2.41. The van der Waals surface area contributed by atoms with Crippen LogP contribution in [-0.4, -0.2) is 35.7 Å². The third-order valence-corrected chi connectivity index (χ3v) is 3.98. The van der Waals surface area contributed by atoms with Crippen molar-refractivity contribution in [1.29, 1.82) is 0 Å². The predicted octanol–water partition coefficient (Wildman–Crippen LogP) is 4.22. The van der Waals surface area contributed by atoms with Gasteiger partial charge >= 0.3 is 6.09 Å². The van der Waals surface area contributed by atoms with E-state index in [9.17, 15) is 4.79 Å². The SMILES string of the molecule is CCOC1=N[C@@H](C(C)(C)C)N(C(=O)OCc2ccccc2)[C@@H](C)C1. The van der Waals surface area contributed by atoms with Gasteiger partial charge in [-0.05, 0) is 19.4 Å². The first-order valence-electron chi connectivity index (χ1n) is 8.51. The Hall–Kier alpha value is -2.04. The number of rotatable bonds is 3. The van der Waals surface area contributed by atoms with Crippen LogP contribution in [-0.2, 0) is 16.1 Å². The molecule has 1 heterocycles. The van der Waals surface area contributed by atoms with E-state index in [0.29, 0.717) is 13.0 Å². The van der Waals surface area contributed by atoms with Gasteiger partial charge in [-0.1, -0.05) is 51.1 Å². The van der Waals surface area contributed by atoms with Gasteiger partial charge in [-0.15, -0.1) is 0 Å². The maximum absolute atomic E-state index is 12.7. The molecule has 5 heteroatoms. The van der Waals surface area contributed by atoms with Gasteiger partial charge in [0.25, 0.3) is 0 Å². The van der Waals surface area contributed by atoms with E-state index in [4.69, 9.17) is 9.47 Å². The van der Waals surface area contributed by atoms with Crippen LogP contribution in [0.4, 0.5) is 4.79 Å². The number of carbonyl (C=O) groups is 1. The van der Waals surface area contributed by atoms with Crippen LogP contribution in [0.2, 0.25) is 0 Å². The van der Waals surface area contributed by atoms with E-state index < -0.39 is 0 Å². The molecule has 132 valence electrons. The fourth-order valence-electron chi connectivity index (χ4n) is 2.79. The van der Waals surface area contributed by atoms with Crippen molar-refractivity contribution in [2.24, 2.45) is 10.4 Å². The molecule has 0 radical (unpaired) electrons. The first-order valence-corrected chi connectivity index (χ1v) is 8.51. The normalized spacial score (nSPS) is 21.2. The highest BCUT2D eigenvalue weighted by atomic mass is 16.6. The molecule has 2 atom stereocenters. The highest BCUT2D eigenvalue weighted by Crippen LogP contribution is 2.32. The van der Waals surface area contributed by atoms with E-state index in [0.717, 1.165) is 11.5 Å². The van der Waals surface area contributed by atoms with E-state index >= 15 is 0 Å². The molecule has 1 amide bonds. The van der Waals surface area contributed by atoms with E-state index in [1.165, 1.54) is 0 Å². The molecule has 0 fully saturated rings. The Morgan fingerprint density at radius 2 is 1.96 bits per heavy atom. The summed E-state index contributed by atoms with van der Waals surface area (Å²) in [5, 5.41) is 0. The van der Waals surface area contributed by atoms with Crippen molar-refractivity contribution in [3.05, 3.63) is 35.9 Å². The first-order chi connectivity index (χ1) is 11.3. The minimum absolute atomic E-state index is 0.0171. The molecular formula is C19H28N2O3. The number of hydrogen-bond donors (Lipinski definition) is 0. The van der Waals surface area contributed by atoms with E-state index in [-0.39, 0.29) is 30.3 Å². The molecule has 0 saturated carbocycles. The van der Waals surface area contributed by atoms with E-state index in [2.05, 4.69) is 25.8 Å². The molecule has 24 heavy (non-hydrogen) atoms.